The Morgan fingerprint density at radius 3 is 2.67 bits per heavy atom. The van der Waals surface area contributed by atoms with Crippen molar-refractivity contribution in [3.8, 4) is 17.0 Å². The van der Waals surface area contributed by atoms with Gasteiger partial charge < -0.3 is 4.74 Å². The van der Waals surface area contributed by atoms with Gasteiger partial charge in [-0.3, -0.25) is 10.1 Å². The van der Waals surface area contributed by atoms with Gasteiger partial charge in [-0.25, -0.2) is 13.4 Å². The van der Waals surface area contributed by atoms with Crippen molar-refractivity contribution in [3.05, 3.63) is 59.0 Å². The molecule has 0 unspecified atom stereocenters. The lowest BCUT2D eigenvalue weighted by atomic mass is 10.1. The first-order valence-corrected chi connectivity index (χ1v) is 10.8. The molecular formula is C19H16N2O4S2. The van der Waals surface area contributed by atoms with Crippen molar-refractivity contribution in [1.29, 1.82) is 0 Å². The highest BCUT2D eigenvalue weighted by Crippen LogP contribution is 2.40. The standard InChI is InChI=1S/C19H16N2O4S2/c1-2-27(23,24)13-9-7-12(8-10-13)18(22)21-19-20-17-14-5-3-4-6-15(14)25-11-16(17)26-19/h3-10H,2,11H2,1H3,(H,20,21,22). The summed E-state index contributed by atoms with van der Waals surface area (Å²) in [5, 5.41) is 3.26. The number of fused-ring (bicyclic) bond motifs is 3. The fraction of sp³-hybridized carbons (Fsp3) is 0.158. The number of para-hydroxylation sites is 1. The number of aromatic nitrogens is 1. The topological polar surface area (TPSA) is 85.4 Å². The van der Waals surface area contributed by atoms with Crippen LogP contribution in [-0.4, -0.2) is 25.1 Å². The summed E-state index contributed by atoms with van der Waals surface area (Å²) in [5.41, 5.74) is 2.10. The molecule has 8 heteroatoms. The molecular weight excluding hydrogens is 384 g/mol. The number of hydrogen-bond acceptors (Lipinski definition) is 6. The lowest BCUT2D eigenvalue weighted by Gasteiger charge is -2.15. The van der Waals surface area contributed by atoms with Crippen LogP contribution in [0.3, 0.4) is 0 Å². The van der Waals surface area contributed by atoms with E-state index in [1.165, 1.54) is 35.6 Å². The van der Waals surface area contributed by atoms with Crippen LogP contribution in [0.2, 0.25) is 0 Å². The van der Waals surface area contributed by atoms with Gasteiger partial charge in [-0.1, -0.05) is 30.4 Å². The summed E-state index contributed by atoms with van der Waals surface area (Å²) < 4.78 is 29.4. The minimum Gasteiger partial charge on any atom is -0.487 e. The Labute approximate surface area is 160 Å². The summed E-state index contributed by atoms with van der Waals surface area (Å²) >= 11 is 1.37. The second-order valence-electron chi connectivity index (χ2n) is 5.96. The van der Waals surface area contributed by atoms with E-state index in [4.69, 9.17) is 4.74 Å². The van der Waals surface area contributed by atoms with Gasteiger partial charge in [0.2, 0.25) is 0 Å². The van der Waals surface area contributed by atoms with E-state index in [1.54, 1.807) is 6.92 Å². The van der Waals surface area contributed by atoms with E-state index in [-0.39, 0.29) is 16.6 Å². The second-order valence-corrected chi connectivity index (χ2v) is 9.32. The molecule has 4 rings (SSSR count). The van der Waals surface area contributed by atoms with Crippen molar-refractivity contribution in [2.45, 2.75) is 18.4 Å². The molecule has 0 fully saturated rings. The van der Waals surface area contributed by atoms with Crippen molar-refractivity contribution < 1.29 is 17.9 Å². The highest BCUT2D eigenvalue weighted by molar-refractivity contribution is 7.91. The normalized spacial score (nSPS) is 12.6. The fourth-order valence-electron chi connectivity index (χ4n) is 2.79. The maximum atomic E-state index is 12.5. The van der Waals surface area contributed by atoms with Gasteiger partial charge in [-0.2, -0.15) is 0 Å². The lowest BCUT2D eigenvalue weighted by Crippen LogP contribution is -2.12. The van der Waals surface area contributed by atoms with Gasteiger partial charge in [0.15, 0.2) is 15.0 Å². The number of rotatable bonds is 4. The molecule has 3 aromatic rings. The Morgan fingerprint density at radius 1 is 1.19 bits per heavy atom. The van der Waals surface area contributed by atoms with Crippen molar-refractivity contribution in [2.75, 3.05) is 11.1 Å². The Balaban J connectivity index is 1.56. The second kappa shape index (κ2) is 6.79. The quantitative estimate of drug-likeness (QED) is 0.721. The number of ether oxygens (including phenoxy) is 1. The van der Waals surface area contributed by atoms with Gasteiger partial charge in [0.05, 0.1) is 21.2 Å². The van der Waals surface area contributed by atoms with E-state index in [0.29, 0.717) is 17.3 Å². The molecule has 0 saturated carbocycles. The number of nitrogens with one attached hydrogen (secondary N) is 1. The molecule has 1 aliphatic heterocycles. The van der Waals surface area contributed by atoms with Gasteiger partial charge >= 0.3 is 0 Å². The summed E-state index contributed by atoms with van der Waals surface area (Å²) in [4.78, 5) is 18.2. The Hall–Kier alpha value is -2.71. The zero-order valence-corrected chi connectivity index (χ0v) is 16.1. The van der Waals surface area contributed by atoms with E-state index in [0.717, 1.165) is 21.9 Å². The van der Waals surface area contributed by atoms with Crippen LogP contribution in [0.4, 0.5) is 5.13 Å². The molecule has 1 N–H and O–H groups in total. The average Bonchev–Trinajstić information content (AvgIpc) is 3.11. The lowest BCUT2D eigenvalue weighted by molar-refractivity contribution is 0.102. The van der Waals surface area contributed by atoms with E-state index in [1.807, 2.05) is 24.3 Å². The van der Waals surface area contributed by atoms with Gasteiger partial charge in [-0.15, -0.1) is 0 Å². The first-order chi connectivity index (χ1) is 13.0. The van der Waals surface area contributed by atoms with Crippen LogP contribution < -0.4 is 10.1 Å². The number of nitrogens with zero attached hydrogens (tertiary/aromatic N) is 1. The number of thiazole rings is 1. The van der Waals surface area contributed by atoms with Gasteiger partial charge in [0.1, 0.15) is 12.4 Å². The Bertz CT molecular complexity index is 1120. The zero-order valence-electron chi connectivity index (χ0n) is 14.4. The monoisotopic (exact) mass is 400 g/mol. The average molecular weight is 400 g/mol. The molecule has 2 aromatic carbocycles. The number of carbonyl (C=O) groups is 1. The first kappa shape index (κ1) is 17.7. The summed E-state index contributed by atoms with van der Waals surface area (Å²) in [6.45, 7) is 2.01. The minimum atomic E-state index is -3.29. The van der Waals surface area contributed by atoms with E-state index in [2.05, 4.69) is 10.3 Å². The SMILES string of the molecule is CCS(=O)(=O)c1ccc(C(=O)Nc2nc3c(s2)COc2ccccc2-3)cc1. The molecule has 0 spiro atoms. The molecule has 1 aromatic heterocycles. The summed E-state index contributed by atoms with van der Waals surface area (Å²) in [6.07, 6.45) is 0. The fourth-order valence-corrected chi connectivity index (χ4v) is 4.56. The Morgan fingerprint density at radius 2 is 1.93 bits per heavy atom. The van der Waals surface area contributed by atoms with Crippen LogP contribution in [0.15, 0.2) is 53.4 Å². The molecule has 6 nitrogen and oxygen atoms in total. The summed E-state index contributed by atoms with van der Waals surface area (Å²) in [6, 6.07) is 13.6. The largest absolute Gasteiger partial charge is 0.487 e. The number of amides is 1. The predicted octanol–water partition coefficient (Wildman–Crippen LogP) is 3.75. The minimum absolute atomic E-state index is 0.0206. The predicted molar refractivity (Wildman–Crippen MR) is 104 cm³/mol. The third kappa shape index (κ3) is 3.33. The van der Waals surface area contributed by atoms with Gasteiger partial charge in [0, 0.05) is 11.1 Å². The molecule has 0 radical (unpaired) electrons. The van der Waals surface area contributed by atoms with Crippen molar-refractivity contribution in [3.63, 3.8) is 0 Å². The number of carbonyl (C=O) groups excluding carboxylic acids is 1. The molecule has 2 heterocycles. The summed E-state index contributed by atoms with van der Waals surface area (Å²) in [5.74, 6) is 0.462. The summed E-state index contributed by atoms with van der Waals surface area (Å²) in [7, 11) is -3.29. The Kier molecular flexibility index (Phi) is 4.45. The highest BCUT2D eigenvalue weighted by atomic mass is 32.2. The maximum absolute atomic E-state index is 12.5. The van der Waals surface area contributed by atoms with Crippen LogP contribution >= 0.6 is 11.3 Å². The molecule has 0 atom stereocenters. The van der Waals surface area contributed by atoms with E-state index >= 15 is 0 Å². The van der Waals surface area contributed by atoms with Gasteiger partial charge in [-0.05, 0) is 36.4 Å². The number of sulfone groups is 1. The van der Waals surface area contributed by atoms with Crippen LogP contribution in [-0.2, 0) is 16.4 Å². The van der Waals surface area contributed by atoms with E-state index in [9.17, 15) is 13.2 Å². The molecule has 27 heavy (non-hydrogen) atoms. The van der Waals surface area contributed by atoms with Crippen molar-refractivity contribution in [2.24, 2.45) is 0 Å². The van der Waals surface area contributed by atoms with Crippen LogP contribution in [0.5, 0.6) is 5.75 Å². The van der Waals surface area contributed by atoms with Crippen molar-refractivity contribution >= 4 is 32.2 Å². The highest BCUT2D eigenvalue weighted by Gasteiger charge is 2.22. The smallest absolute Gasteiger partial charge is 0.257 e. The third-order valence-corrected chi connectivity index (χ3v) is 6.97. The zero-order chi connectivity index (χ0) is 19.0. The third-order valence-electron chi connectivity index (χ3n) is 4.27. The molecule has 0 aliphatic carbocycles. The van der Waals surface area contributed by atoms with Crippen LogP contribution in [0.1, 0.15) is 22.2 Å². The molecule has 1 amide bonds. The molecule has 1 aliphatic rings. The van der Waals surface area contributed by atoms with E-state index < -0.39 is 9.84 Å². The molecule has 138 valence electrons. The maximum Gasteiger partial charge on any atom is 0.257 e. The van der Waals surface area contributed by atoms with Crippen LogP contribution in [0.25, 0.3) is 11.3 Å². The molecule has 0 saturated heterocycles. The number of hydrogen-bond donors (Lipinski definition) is 1. The number of benzene rings is 2. The van der Waals surface area contributed by atoms with Gasteiger partial charge in [0.25, 0.3) is 5.91 Å². The molecule has 0 bridgehead atoms. The first-order valence-electron chi connectivity index (χ1n) is 8.34. The van der Waals surface area contributed by atoms with Crippen LogP contribution in [0, 0.1) is 0 Å². The number of anilines is 1. The van der Waals surface area contributed by atoms with Crippen molar-refractivity contribution in [1.82, 2.24) is 4.98 Å².